The SMILES string of the molecule is COCC1(CNS(=O)(=O)c2ccc(Br)c(F)c2)CCCN1. The molecule has 0 spiro atoms. The Morgan fingerprint density at radius 3 is 2.86 bits per heavy atom. The van der Waals surface area contributed by atoms with Crippen molar-refractivity contribution in [2.45, 2.75) is 23.3 Å². The van der Waals surface area contributed by atoms with Crippen molar-refractivity contribution < 1.29 is 17.5 Å². The first kappa shape index (κ1) is 16.8. The van der Waals surface area contributed by atoms with E-state index in [1.165, 1.54) is 12.1 Å². The molecule has 0 aliphatic carbocycles. The molecule has 0 radical (unpaired) electrons. The van der Waals surface area contributed by atoms with Gasteiger partial charge in [0.25, 0.3) is 0 Å². The maximum atomic E-state index is 13.5. The summed E-state index contributed by atoms with van der Waals surface area (Å²) in [6, 6.07) is 3.74. The fraction of sp³-hybridized carbons (Fsp3) is 0.538. The summed E-state index contributed by atoms with van der Waals surface area (Å²) >= 11 is 3.00. The first-order valence-corrected chi connectivity index (χ1v) is 8.85. The third-order valence-corrected chi connectivity index (χ3v) is 5.60. The van der Waals surface area contributed by atoms with Gasteiger partial charge in [-0.05, 0) is 53.5 Å². The molecule has 0 amide bonds. The third kappa shape index (κ3) is 4.01. The molecule has 1 saturated heterocycles. The van der Waals surface area contributed by atoms with Gasteiger partial charge in [0.1, 0.15) is 5.82 Å². The van der Waals surface area contributed by atoms with E-state index in [0.717, 1.165) is 25.5 Å². The molecule has 1 aliphatic heterocycles. The lowest BCUT2D eigenvalue weighted by Gasteiger charge is -2.28. The maximum absolute atomic E-state index is 13.5. The molecule has 2 rings (SSSR count). The molecule has 8 heteroatoms. The van der Waals surface area contributed by atoms with Crippen molar-refractivity contribution in [3.63, 3.8) is 0 Å². The molecule has 1 aliphatic rings. The van der Waals surface area contributed by atoms with Crippen LogP contribution >= 0.6 is 15.9 Å². The number of benzene rings is 1. The predicted molar refractivity (Wildman–Crippen MR) is 81.1 cm³/mol. The van der Waals surface area contributed by atoms with E-state index in [9.17, 15) is 12.8 Å². The molecular weight excluding hydrogens is 363 g/mol. The van der Waals surface area contributed by atoms with Crippen molar-refractivity contribution in [1.29, 1.82) is 0 Å². The van der Waals surface area contributed by atoms with Gasteiger partial charge in [-0.1, -0.05) is 0 Å². The van der Waals surface area contributed by atoms with Gasteiger partial charge in [0.2, 0.25) is 10.0 Å². The first-order chi connectivity index (χ1) is 9.88. The molecule has 118 valence electrons. The third-order valence-electron chi connectivity index (χ3n) is 3.55. The van der Waals surface area contributed by atoms with Crippen molar-refractivity contribution in [2.24, 2.45) is 0 Å². The van der Waals surface area contributed by atoms with E-state index in [1.807, 2.05) is 0 Å². The summed E-state index contributed by atoms with van der Waals surface area (Å²) in [5, 5.41) is 3.28. The van der Waals surface area contributed by atoms with E-state index in [4.69, 9.17) is 4.74 Å². The van der Waals surface area contributed by atoms with Gasteiger partial charge in [0.05, 0.1) is 21.5 Å². The molecule has 1 atom stereocenters. The Balaban J connectivity index is 2.11. The Hall–Kier alpha value is -0.540. The molecular formula is C13H18BrFN2O3S. The zero-order chi connectivity index (χ0) is 15.5. The Morgan fingerprint density at radius 2 is 2.29 bits per heavy atom. The van der Waals surface area contributed by atoms with Crippen LogP contribution in [0.25, 0.3) is 0 Å². The van der Waals surface area contributed by atoms with Crippen molar-refractivity contribution in [2.75, 3.05) is 26.8 Å². The fourth-order valence-electron chi connectivity index (χ4n) is 2.43. The highest BCUT2D eigenvalue weighted by Gasteiger charge is 2.34. The molecule has 1 heterocycles. The number of methoxy groups -OCH3 is 1. The minimum Gasteiger partial charge on any atom is -0.383 e. The summed E-state index contributed by atoms with van der Waals surface area (Å²) in [6.45, 7) is 1.46. The van der Waals surface area contributed by atoms with Gasteiger partial charge in [-0.2, -0.15) is 0 Å². The second kappa shape index (κ2) is 6.70. The van der Waals surface area contributed by atoms with Crippen LogP contribution in [0.4, 0.5) is 4.39 Å². The smallest absolute Gasteiger partial charge is 0.240 e. The monoisotopic (exact) mass is 380 g/mol. The highest BCUT2D eigenvalue weighted by Crippen LogP contribution is 2.22. The molecule has 2 N–H and O–H groups in total. The van der Waals surface area contributed by atoms with Gasteiger partial charge in [0.15, 0.2) is 0 Å². The zero-order valence-corrected chi connectivity index (χ0v) is 14.1. The Labute approximate surface area is 132 Å². The van der Waals surface area contributed by atoms with E-state index < -0.39 is 21.4 Å². The van der Waals surface area contributed by atoms with Crippen molar-refractivity contribution in [1.82, 2.24) is 10.0 Å². The topological polar surface area (TPSA) is 67.4 Å². The van der Waals surface area contributed by atoms with Crippen LogP contribution in [0, 0.1) is 5.82 Å². The minimum absolute atomic E-state index is 0.0891. The number of hydrogen-bond donors (Lipinski definition) is 2. The average Bonchev–Trinajstić information content (AvgIpc) is 2.89. The number of hydrogen-bond acceptors (Lipinski definition) is 4. The van der Waals surface area contributed by atoms with Crippen LogP contribution in [0.15, 0.2) is 27.6 Å². The van der Waals surface area contributed by atoms with Gasteiger partial charge in [-0.3, -0.25) is 0 Å². The molecule has 1 aromatic rings. The van der Waals surface area contributed by atoms with Gasteiger partial charge in [-0.25, -0.2) is 17.5 Å². The predicted octanol–water partition coefficient (Wildman–Crippen LogP) is 1.64. The Bertz CT molecular complexity index is 603. The number of halogens is 2. The number of rotatable bonds is 6. The standard InChI is InChI=1S/C13H18BrFN2O3S/c1-20-9-13(5-2-6-16-13)8-17-21(18,19)10-3-4-11(14)12(15)7-10/h3-4,7,16-17H,2,5-6,8-9H2,1H3. The highest BCUT2D eigenvalue weighted by molar-refractivity contribution is 9.10. The normalized spacial score (nSPS) is 22.6. The number of sulfonamides is 1. The quantitative estimate of drug-likeness (QED) is 0.786. The lowest BCUT2D eigenvalue weighted by atomic mass is 9.99. The van der Waals surface area contributed by atoms with Gasteiger partial charge in [-0.15, -0.1) is 0 Å². The molecule has 21 heavy (non-hydrogen) atoms. The summed E-state index contributed by atoms with van der Waals surface area (Å²) in [5.74, 6) is -0.608. The fourth-order valence-corrected chi connectivity index (χ4v) is 3.82. The van der Waals surface area contributed by atoms with Crippen molar-refractivity contribution >= 4 is 26.0 Å². The molecule has 5 nitrogen and oxygen atoms in total. The van der Waals surface area contributed by atoms with Gasteiger partial charge in [0, 0.05) is 13.7 Å². The molecule has 1 unspecified atom stereocenters. The second-order valence-corrected chi connectivity index (χ2v) is 7.77. The maximum Gasteiger partial charge on any atom is 0.240 e. The first-order valence-electron chi connectivity index (χ1n) is 6.57. The van der Waals surface area contributed by atoms with E-state index in [0.29, 0.717) is 6.61 Å². The van der Waals surface area contributed by atoms with Crippen LogP contribution in [0.5, 0.6) is 0 Å². The van der Waals surface area contributed by atoms with Crippen LogP contribution in [-0.2, 0) is 14.8 Å². The van der Waals surface area contributed by atoms with E-state index >= 15 is 0 Å². The zero-order valence-electron chi connectivity index (χ0n) is 11.7. The van der Waals surface area contributed by atoms with Crippen LogP contribution in [-0.4, -0.2) is 40.8 Å². The van der Waals surface area contributed by atoms with Crippen LogP contribution in [0.3, 0.4) is 0 Å². The lowest BCUT2D eigenvalue weighted by Crippen LogP contribution is -2.52. The summed E-state index contributed by atoms with van der Waals surface area (Å²) in [7, 11) is -2.17. The minimum atomic E-state index is -3.75. The van der Waals surface area contributed by atoms with E-state index in [1.54, 1.807) is 7.11 Å². The molecule has 1 fully saturated rings. The molecule has 0 saturated carbocycles. The number of ether oxygens (including phenoxy) is 1. The van der Waals surface area contributed by atoms with Crippen LogP contribution in [0.1, 0.15) is 12.8 Å². The highest BCUT2D eigenvalue weighted by atomic mass is 79.9. The van der Waals surface area contributed by atoms with Crippen molar-refractivity contribution in [3.8, 4) is 0 Å². The van der Waals surface area contributed by atoms with Crippen LogP contribution < -0.4 is 10.0 Å². The second-order valence-electron chi connectivity index (χ2n) is 5.14. The molecule has 0 aromatic heterocycles. The summed E-state index contributed by atoms with van der Waals surface area (Å²) < 4.78 is 45.9. The summed E-state index contributed by atoms with van der Waals surface area (Å²) in [4.78, 5) is -0.0891. The Morgan fingerprint density at radius 1 is 1.52 bits per heavy atom. The van der Waals surface area contributed by atoms with Crippen molar-refractivity contribution in [3.05, 3.63) is 28.5 Å². The average molecular weight is 381 g/mol. The lowest BCUT2D eigenvalue weighted by molar-refractivity contribution is 0.122. The molecule has 0 bridgehead atoms. The van der Waals surface area contributed by atoms with Crippen LogP contribution in [0.2, 0.25) is 0 Å². The number of nitrogens with one attached hydrogen (secondary N) is 2. The van der Waals surface area contributed by atoms with Gasteiger partial charge >= 0.3 is 0 Å². The summed E-state index contributed by atoms with van der Waals surface area (Å²) in [5.41, 5.74) is -0.393. The van der Waals surface area contributed by atoms with Gasteiger partial charge < -0.3 is 10.1 Å². The van der Waals surface area contributed by atoms with E-state index in [-0.39, 0.29) is 15.9 Å². The molecule has 1 aromatic carbocycles. The Kier molecular flexibility index (Phi) is 5.37. The van der Waals surface area contributed by atoms with E-state index in [2.05, 4.69) is 26.0 Å². The largest absolute Gasteiger partial charge is 0.383 e. The summed E-state index contributed by atoms with van der Waals surface area (Å²) in [6.07, 6.45) is 1.80.